The van der Waals surface area contributed by atoms with Crippen molar-refractivity contribution >= 4 is 12.6 Å². The van der Waals surface area contributed by atoms with Gasteiger partial charge in [0.1, 0.15) is 6.61 Å². The predicted octanol–water partition coefficient (Wildman–Crippen LogP) is 1.91. The number of nitrogens with one attached hydrogen (secondary N) is 1. The number of rotatable bonds is 4. The lowest BCUT2D eigenvalue weighted by Crippen LogP contribution is -2.37. The molecule has 1 radical (unpaired) electrons. The van der Waals surface area contributed by atoms with Gasteiger partial charge in [0.25, 0.3) is 0 Å². The Hall–Kier alpha value is -1.03. The van der Waals surface area contributed by atoms with Crippen LogP contribution in [0, 0.1) is 0 Å². The van der Waals surface area contributed by atoms with Crippen molar-refractivity contribution in [2.45, 2.75) is 6.92 Å². The highest BCUT2D eigenvalue weighted by atomic mass is 32.1. The Balaban J connectivity index is 2.61. The number of hydrazine groups is 1. The zero-order valence-corrected chi connectivity index (χ0v) is 8.43. The van der Waals surface area contributed by atoms with Gasteiger partial charge in [-0.15, -0.1) is 0 Å². The van der Waals surface area contributed by atoms with Crippen LogP contribution >= 0.6 is 12.6 Å². The van der Waals surface area contributed by atoms with Crippen molar-refractivity contribution in [2.75, 3.05) is 12.5 Å². The molecule has 0 aromatic carbocycles. The average molecular weight is 197 g/mol. The van der Waals surface area contributed by atoms with Crippen molar-refractivity contribution < 1.29 is 4.74 Å². The van der Waals surface area contributed by atoms with Gasteiger partial charge in [-0.25, -0.2) is 5.01 Å². The van der Waals surface area contributed by atoms with E-state index in [1.807, 2.05) is 19.1 Å². The van der Waals surface area contributed by atoms with Crippen LogP contribution in [0.1, 0.15) is 6.92 Å². The zero-order chi connectivity index (χ0) is 9.68. The Labute approximate surface area is 84.1 Å². The summed E-state index contributed by atoms with van der Waals surface area (Å²) in [6.45, 7) is 6.04. The molecule has 1 aliphatic heterocycles. The second-order valence-corrected chi connectivity index (χ2v) is 2.88. The highest BCUT2D eigenvalue weighted by molar-refractivity contribution is 7.80. The van der Waals surface area contributed by atoms with E-state index in [2.05, 4.69) is 12.0 Å². The zero-order valence-electron chi connectivity index (χ0n) is 7.62. The van der Waals surface area contributed by atoms with Gasteiger partial charge in [-0.05, 0) is 13.0 Å². The number of hydrogen-bond donors (Lipinski definition) is 1. The maximum Gasteiger partial charge on any atom is 0.209 e. The fourth-order valence-corrected chi connectivity index (χ4v) is 1.15. The fraction of sp³-hybridized carbons (Fsp3) is 0.333. The lowest BCUT2D eigenvalue weighted by Gasteiger charge is -2.28. The molecule has 1 N–H and O–H groups in total. The summed E-state index contributed by atoms with van der Waals surface area (Å²) in [6.07, 6.45) is 5.54. The molecule has 0 atom stereocenters. The minimum Gasteiger partial charge on any atom is -0.474 e. The molecule has 1 heterocycles. The molecule has 13 heavy (non-hydrogen) atoms. The fourth-order valence-electron chi connectivity index (χ4n) is 0.958. The number of nitrogens with zero attached hydrogens (tertiary/aromatic N) is 1. The van der Waals surface area contributed by atoms with Crippen LogP contribution in [0.3, 0.4) is 0 Å². The van der Waals surface area contributed by atoms with Gasteiger partial charge in [0, 0.05) is 11.8 Å². The van der Waals surface area contributed by atoms with Gasteiger partial charge in [0.2, 0.25) is 5.88 Å². The smallest absolute Gasteiger partial charge is 0.209 e. The summed E-state index contributed by atoms with van der Waals surface area (Å²) in [5.74, 6) is 1.19. The normalized spacial score (nSPS) is 15.7. The first-order valence-electron chi connectivity index (χ1n) is 4.02. The van der Waals surface area contributed by atoms with E-state index in [1.165, 1.54) is 0 Å². The molecular formula is C9H13N2OS. The topological polar surface area (TPSA) is 24.5 Å². The van der Waals surface area contributed by atoms with E-state index in [4.69, 9.17) is 17.4 Å². The van der Waals surface area contributed by atoms with Gasteiger partial charge in [0.05, 0.1) is 5.88 Å². The molecule has 3 nitrogen and oxygen atoms in total. The average Bonchev–Trinajstić information content (AvgIpc) is 2.16. The molecule has 0 amide bonds. The van der Waals surface area contributed by atoms with Gasteiger partial charge in [-0.1, -0.05) is 25.3 Å². The van der Waals surface area contributed by atoms with E-state index in [9.17, 15) is 0 Å². The van der Waals surface area contributed by atoms with Crippen molar-refractivity contribution in [3.63, 3.8) is 0 Å². The largest absolute Gasteiger partial charge is 0.474 e. The summed E-state index contributed by atoms with van der Waals surface area (Å²) < 4.78 is 5.38. The molecule has 71 valence electrons. The Morgan fingerprint density at radius 1 is 1.69 bits per heavy atom. The number of hydrogen-bond acceptors (Lipinski definition) is 3. The van der Waals surface area contributed by atoms with E-state index in [0.29, 0.717) is 12.5 Å². The first kappa shape index (κ1) is 10.1. The molecule has 0 unspecified atom stereocenters. The molecule has 0 aromatic rings. The molecule has 1 rings (SSSR count). The third kappa shape index (κ3) is 2.73. The van der Waals surface area contributed by atoms with E-state index in [0.717, 1.165) is 11.6 Å². The summed E-state index contributed by atoms with van der Waals surface area (Å²) in [4.78, 5) is 0. The summed E-state index contributed by atoms with van der Waals surface area (Å²) >= 11 is 4.94. The summed E-state index contributed by atoms with van der Waals surface area (Å²) in [6, 6.07) is 0. The summed E-state index contributed by atoms with van der Waals surface area (Å²) in [5, 5.41) is 1.77. The van der Waals surface area contributed by atoms with Gasteiger partial charge in [0.15, 0.2) is 0 Å². The Bertz CT molecular complexity index is 248. The highest BCUT2D eigenvalue weighted by Crippen LogP contribution is 2.11. The van der Waals surface area contributed by atoms with Crippen LogP contribution in [-0.2, 0) is 4.74 Å². The van der Waals surface area contributed by atoms with Crippen LogP contribution in [0.15, 0.2) is 36.4 Å². The van der Waals surface area contributed by atoms with Crippen molar-refractivity contribution in [1.82, 2.24) is 10.4 Å². The second kappa shape index (κ2) is 4.87. The molecule has 0 saturated carbocycles. The van der Waals surface area contributed by atoms with Crippen LogP contribution in [0.25, 0.3) is 0 Å². The van der Waals surface area contributed by atoms with Crippen LogP contribution in [0.4, 0.5) is 0 Å². The molecule has 0 aromatic heterocycles. The lowest BCUT2D eigenvalue weighted by atomic mass is 10.4. The minimum atomic E-state index is 0.453. The monoisotopic (exact) mass is 197 g/mol. The van der Waals surface area contributed by atoms with E-state index in [1.54, 1.807) is 11.1 Å². The number of ether oxygens (including phenoxy) is 1. The van der Waals surface area contributed by atoms with E-state index >= 15 is 0 Å². The van der Waals surface area contributed by atoms with Gasteiger partial charge >= 0.3 is 0 Å². The van der Waals surface area contributed by atoms with Crippen LogP contribution in [0.5, 0.6) is 0 Å². The molecule has 0 bridgehead atoms. The third-order valence-electron chi connectivity index (χ3n) is 1.53. The molecule has 4 heteroatoms. The molecule has 0 saturated heterocycles. The minimum absolute atomic E-state index is 0.453. The molecular weight excluding hydrogens is 184 g/mol. The third-order valence-corrected chi connectivity index (χ3v) is 1.79. The van der Waals surface area contributed by atoms with Crippen molar-refractivity contribution in [2.24, 2.45) is 0 Å². The van der Waals surface area contributed by atoms with Crippen molar-refractivity contribution in [3.05, 3.63) is 36.4 Å². The van der Waals surface area contributed by atoms with Crippen LogP contribution in [-0.4, -0.2) is 17.5 Å². The predicted molar refractivity (Wildman–Crippen MR) is 55.4 cm³/mol. The summed E-state index contributed by atoms with van der Waals surface area (Å²) in [7, 11) is 0. The van der Waals surface area contributed by atoms with Gasteiger partial charge in [-0.2, -0.15) is 0 Å². The lowest BCUT2D eigenvalue weighted by molar-refractivity contribution is 0.116. The maximum absolute atomic E-state index is 5.38. The Morgan fingerprint density at radius 3 is 3.08 bits per heavy atom. The van der Waals surface area contributed by atoms with Crippen molar-refractivity contribution in [3.8, 4) is 0 Å². The highest BCUT2D eigenvalue weighted by Gasteiger charge is 2.11. The molecule has 0 spiro atoms. The standard InChI is InChI=1S/C9H13N2OS/c1-3-6-12-9-5-4-8(2)10-11(9)7-13/h3-5,10H,1,6-7H2,2H3. The van der Waals surface area contributed by atoms with Crippen LogP contribution < -0.4 is 5.43 Å². The quantitative estimate of drug-likeness (QED) is 0.697. The SMILES string of the molecule is C=CCOC1=CC=C(C)NN1C[S]. The molecule has 1 aliphatic rings. The Morgan fingerprint density at radius 2 is 2.46 bits per heavy atom. The Kier molecular flexibility index (Phi) is 3.76. The molecule has 0 aliphatic carbocycles. The second-order valence-electron chi connectivity index (χ2n) is 2.62. The summed E-state index contributed by atoms with van der Waals surface area (Å²) in [5.41, 5.74) is 4.14. The van der Waals surface area contributed by atoms with Gasteiger partial charge < -0.3 is 4.74 Å². The van der Waals surface area contributed by atoms with Gasteiger partial charge in [-0.3, -0.25) is 5.43 Å². The molecule has 0 fully saturated rings. The first-order chi connectivity index (χ1) is 6.27. The number of allylic oxidation sites excluding steroid dienone is 3. The van der Waals surface area contributed by atoms with Crippen molar-refractivity contribution in [1.29, 1.82) is 0 Å². The first-order valence-corrected chi connectivity index (χ1v) is 4.60. The van der Waals surface area contributed by atoms with E-state index in [-0.39, 0.29) is 0 Å². The van der Waals surface area contributed by atoms with E-state index < -0.39 is 0 Å². The van der Waals surface area contributed by atoms with Crippen LogP contribution in [0.2, 0.25) is 0 Å². The maximum atomic E-state index is 5.38.